The van der Waals surface area contributed by atoms with Crippen molar-refractivity contribution in [2.24, 2.45) is 0 Å². The number of anilines is 1. The average Bonchev–Trinajstić information content (AvgIpc) is 2.73. The molecule has 2 aromatic carbocycles. The number of hydrogen-bond donors (Lipinski definition) is 0. The molecule has 0 N–H and O–H groups in total. The Balaban J connectivity index is 2.08. The van der Waals surface area contributed by atoms with Crippen molar-refractivity contribution >= 4 is 27.5 Å². The Bertz CT molecular complexity index is 709. The molecule has 3 rings (SSSR count). The third kappa shape index (κ3) is 2.35. The van der Waals surface area contributed by atoms with Crippen LogP contribution in [0.3, 0.4) is 0 Å². The molecule has 0 aromatic heterocycles. The molecule has 5 heteroatoms. The average molecular weight is 352 g/mol. The van der Waals surface area contributed by atoms with Gasteiger partial charge in [-0.3, -0.25) is 4.79 Å². The van der Waals surface area contributed by atoms with E-state index in [9.17, 15) is 13.6 Å². The number of carbonyl (C=O) groups excluding carboxylic acids is 1. The fourth-order valence-electron chi connectivity index (χ4n) is 2.74. The molecule has 1 atom stereocenters. The summed E-state index contributed by atoms with van der Waals surface area (Å²) < 4.78 is 28.3. The van der Waals surface area contributed by atoms with Gasteiger partial charge in [0, 0.05) is 16.2 Å². The normalized spacial score (nSPS) is 17.0. The highest BCUT2D eigenvalue weighted by molar-refractivity contribution is 9.10. The molecule has 0 aliphatic carbocycles. The predicted molar refractivity (Wildman–Crippen MR) is 80.5 cm³/mol. The lowest BCUT2D eigenvalue weighted by atomic mass is 10.1. The third-order valence-electron chi connectivity index (χ3n) is 3.65. The zero-order chi connectivity index (χ0) is 15.1. The lowest BCUT2D eigenvalue weighted by molar-refractivity contribution is 0.0973. The topological polar surface area (TPSA) is 20.3 Å². The smallest absolute Gasteiger partial charge is 0.264 e. The quantitative estimate of drug-likeness (QED) is 0.749. The summed E-state index contributed by atoms with van der Waals surface area (Å²) in [6.07, 6.45) is 0.682. The van der Waals surface area contributed by atoms with Gasteiger partial charge in [0.05, 0.1) is 0 Å². The summed E-state index contributed by atoms with van der Waals surface area (Å²) in [5.74, 6) is -2.36. The SMILES string of the molecule is CC1Cc2ccccc2N1C(=O)c1c(F)cc(Br)cc1F. The first-order chi connectivity index (χ1) is 9.99. The zero-order valence-electron chi connectivity index (χ0n) is 11.2. The van der Waals surface area contributed by atoms with Crippen LogP contribution < -0.4 is 4.90 Å². The highest BCUT2D eigenvalue weighted by Gasteiger charge is 2.34. The number of para-hydroxylation sites is 1. The first kappa shape index (κ1) is 14.2. The van der Waals surface area contributed by atoms with Gasteiger partial charge in [-0.2, -0.15) is 0 Å². The van der Waals surface area contributed by atoms with Crippen LogP contribution in [-0.2, 0) is 6.42 Å². The van der Waals surface area contributed by atoms with Crippen LogP contribution in [0.1, 0.15) is 22.8 Å². The van der Waals surface area contributed by atoms with Gasteiger partial charge in [-0.15, -0.1) is 0 Å². The fraction of sp³-hybridized carbons (Fsp3) is 0.188. The van der Waals surface area contributed by atoms with Gasteiger partial charge in [-0.05, 0) is 37.1 Å². The molecule has 1 aliphatic heterocycles. The highest BCUT2D eigenvalue weighted by atomic mass is 79.9. The van der Waals surface area contributed by atoms with Gasteiger partial charge in [-0.1, -0.05) is 34.1 Å². The number of benzene rings is 2. The van der Waals surface area contributed by atoms with E-state index < -0.39 is 23.1 Å². The van der Waals surface area contributed by atoms with Crippen molar-refractivity contribution < 1.29 is 13.6 Å². The molecular weight excluding hydrogens is 340 g/mol. The van der Waals surface area contributed by atoms with E-state index in [0.29, 0.717) is 6.42 Å². The Hall–Kier alpha value is -1.75. The summed E-state index contributed by atoms with van der Waals surface area (Å²) in [6, 6.07) is 9.49. The van der Waals surface area contributed by atoms with E-state index in [0.717, 1.165) is 23.4 Å². The predicted octanol–water partition coefficient (Wildman–Crippen LogP) is 4.32. The summed E-state index contributed by atoms with van der Waals surface area (Å²) >= 11 is 3.01. The second-order valence-electron chi connectivity index (χ2n) is 5.10. The number of rotatable bonds is 1. The Morgan fingerprint density at radius 1 is 1.24 bits per heavy atom. The van der Waals surface area contributed by atoms with Crippen molar-refractivity contribution in [3.05, 3.63) is 63.6 Å². The molecule has 21 heavy (non-hydrogen) atoms. The molecule has 0 saturated carbocycles. The van der Waals surface area contributed by atoms with Gasteiger partial charge in [0.2, 0.25) is 0 Å². The molecule has 0 bridgehead atoms. The van der Waals surface area contributed by atoms with E-state index in [1.54, 1.807) is 6.07 Å². The first-order valence-corrected chi connectivity index (χ1v) is 7.34. The number of nitrogens with zero attached hydrogens (tertiary/aromatic N) is 1. The summed E-state index contributed by atoms with van der Waals surface area (Å²) in [4.78, 5) is 14.1. The van der Waals surface area contributed by atoms with Crippen LogP contribution >= 0.6 is 15.9 Å². The van der Waals surface area contributed by atoms with Gasteiger partial charge in [0.25, 0.3) is 5.91 Å². The maximum atomic E-state index is 14.0. The van der Waals surface area contributed by atoms with Crippen LogP contribution in [0.25, 0.3) is 0 Å². The zero-order valence-corrected chi connectivity index (χ0v) is 12.8. The molecular formula is C16H12BrF2NO. The van der Waals surface area contributed by atoms with Crippen molar-refractivity contribution in [3.8, 4) is 0 Å². The van der Waals surface area contributed by atoms with Crippen molar-refractivity contribution in [1.82, 2.24) is 0 Å². The monoisotopic (exact) mass is 351 g/mol. The molecule has 108 valence electrons. The molecule has 2 nitrogen and oxygen atoms in total. The van der Waals surface area contributed by atoms with Crippen LogP contribution in [0.2, 0.25) is 0 Å². The Kier molecular flexibility index (Phi) is 3.53. The van der Waals surface area contributed by atoms with Gasteiger partial charge in [-0.25, -0.2) is 8.78 Å². The second kappa shape index (κ2) is 5.22. The lowest BCUT2D eigenvalue weighted by Crippen LogP contribution is -2.36. The molecule has 0 radical (unpaired) electrons. The molecule has 2 aromatic rings. The summed E-state index contributed by atoms with van der Waals surface area (Å²) in [7, 11) is 0. The van der Waals surface area contributed by atoms with E-state index in [-0.39, 0.29) is 10.5 Å². The van der Waals surface area contributed by atoms with Crippen LogP contribution in [0, 0.1) is 11.6 Å². The molecule has 1 heterocycles. The summed E-state index contributed by atoms with van der Waals surface area (Å²) in [5.41, 5.74) is 1.22. The maximum absolute atomic E-state index is 14.0. The van der Waals surface area contributed by atoms with Gasteiger partial charge in [0.1, 0.15) is 17.2 Å². The first-order valence-electron chi connectivity index (χ1n) is 6.55. The Labute approximate surface area is 129 Å². The highest BCUT2D eigenvalue weighted by Crippen LogP contribution is 2.34. The molecule has 0 fully saturated rings. The van der Waals surface area contributed by atoms with Crippen LogP contribution in [0.4, 0.5) is 14.5 Å². The fourth-order valence-corrected chi connectivity index (χ4v) is 3.14. The molecule has 0 saturated heterocycles. The molecule has 0 spiro atoms. The Morgan fingerprint density at radius 2 is 1.86 bits per heavy atom. The van der Waals surface area contributed by atoms with Gasteiger partial charge in [0.15, 0.2) is 0 Å². The van der Waals surface area contributed by atoms with E-state index in [1.807, 2.05) is 25.1 Å². The Morgan fingerprint density at radius 3 is 2.52 bits per heavy atom. The number of carbonyl (C=O) groups is 1. The largest absolute Gasteiger partial charge is 0.305 e. The minimum absolute atomic E-state index is 0.127. The number of hydrogen-bond acceptors (Lipinski definition) is 1. The number of amides is 1. The van der Waals surface area contributed by atoms with Gasteiger partial charge >= 0.3 is 0 Å². The maximum Gasteiger partial charge on any atom is 0.264 e. The van der Waals surface area contributed by atoms with Crippen molar-refractivity contribution in [3.63, 3.8) is 0 Å². The van der Waals surface area contributed by atoms with E-state index in [4.69, 9.17) is 0 Å². The number of fused-ring (bicyclic) bond motifs is 1. The van der Waals surface area contributed by atoms with Crippen LogP contribution in [-0.4, -0.2) is 11.9 Å². The van der Waals surface area contributed by atoms with Crippen molar-refractivity contribution in [2.45, 2.75) is 19.4 Å². The van der Waals surface area contributed by atoms with Gasteiger partial charge < -0.3 is 4.90 Å². The van der Waals surface area contributed by atoms with E-state index in [1.165, 1.54) is 4.90 Å². The van der Waals surface area contributed by atoms with E-state index in [2.05, 4.69) is 15.9 Å². The molecule has 1 unspecified atom stereocenters. The van der Waals surface area contributed by atoms with Crippen LogP contribution in [0.15, 0.2) is 40.9 Å². The third-order valence-corrected chi connectivity index (χ3v) is 4.10. The van der Waals surface area contributed by atoms with Crippen molar-refractivity contribution in [1.29, 1.82) is 0 Å². The summed E-state index contributed by atoms with van der Waals surface area (Å²) in [6.45, 7) is 1.87. The summed E-state index contributed by atoms with van der Waals surface area (Å²) in [5, 5.41) is 0. The minimum atomic E-state index is -0.858. The standard InChI is InChI=1S/C16H12BrF2NO/c1-9-6-10-4-2-3-5-14(10)20(9)16(21)15-12(18)7-11(17)8-13(15)19/h2-5,7-9H,6H2,1H3. The second-order valence-corrected chi connectivity index (χ2v) is 6.02. The van der Waals surface area contributed by atoms with E-state index >= 15 is 0 Å². The van der Waals surface area contributed by atoms with Crippen molar-refractivity contribution in [2.75, 3.05) is 4.90 Å². The molecule has 1 aliphatic rings. The minimum Gasteiger partial charge on any atom is -0.305 e. The van der Waals surface area contributed by atoms with Crippen LogP contribution in [0.5, 0.6) is 0 Å². The lowest BCUT2D eigenvalue weighted by Gasteiger charge is -2.23. The molecule has 1 amide bonds. The number of halogens is 3.